The molecule has 1 aromatic heterocycles. The van der Waals surface area contributed by atoms with Gasteiger partial charge in [-0.15, -0.1) is 10.2 Å². The van der Waals surface area contributed by atoms with Crippen molar-refractivity contribution in [2.75, 3.05) is 19.3 Å². The van der Waals surface area contributed by atoms with Crippen LogP contribution in [-0.4, -0.2) is 34.8 Å². The van der Waals surface area contributed by atoms with E-state index in [9.17, 15) is 0 Å². The number of rotatable bonds is 7. The van der Waals surface area contributed by atoms with Gasteiger partial charge in [0, 0.05) is 11.8 Å². The predicted octanol–water partition coefficient (Wildman–Crippen LogP) is 2.74. The van der Waals surface area contributed by atoms with Gasteiger partial charge in [0.15, 0.2) is 8.68 Å². The van der Waals surface area contributed by atoms with Crippen molar-refractivity contribution in [3.05, 3.63) is 0 Å². The quantitative estimate of drug-likeness (QED) is 0.605. The minimum atomic E-state index is 0.555. The molecule has 3 nitrogen and oxygen atoms in total. The van der Waals surface area contributed by atoms with Crippen LogP contribution in [0.5, 0.6) is 0 Å². The fourth-order valence-electron chi connectivity index (χ4n) is 1.02. The second-order valence-corrected chi connectivity index (χ2v) is 6.89. The maximum absolute atomic E-state index is 4.14. The van der Waals surface area contributed by atoms with Gasteiger partial charge in [-0.25, -0.2) is 0 Å². The molecule has 0 radical (unpaired) electrons. The zero-order valence-electron chi connectivity index (χ0n) is 9.32. The lowest BCUT2D eigenvalue weighted by Crippen LogP contribution is -2.23. The Balaban J connectivity index is 2.27. The average Bonchev–Trinajstić information content (AvgIpc) is 2.66. The van der Waals surface area contributed by atoms with Gasteiger partial charge >= 0.3 is 0 Å². The van der Waals surface area contributed by atoms with Gasteiger partial charge in [0.25, 0.3) is 0 Å². The molecule has 1 rings (SSSR count). The van der Waals surface area contributed by atoms with Crippen LogP contribution in [0.4, 0.5) is 0 Å². The van der Waals surface area contributed by atoms with Crippen LogP contribution < -0.4 is 5.32 Å². The molecule has 0 aliphatic heterocycles. The van der Waals surface area contributed by atoms with E-state index in [0.29, 0.717) is 5.25 Å². The van der Waals surface area contributed by atoms with Crippen LogP contribution in [0.15, 0.2) is 8.68 Å². The number of nitrogens with zero attached hydrogens (tertiary/aromatic N) is 2. The van der Waals surface area contributed by atoms with Crippen LogP contribution in [0.2, 0.25) is 0 Å². The summed E-state index contributed by atoms with van der Waals surface area (Å²) in [7, 11) is 0. The highest BCUT2D eigenvalue weighted by Gasteiger charge is 2.08. The van der Waals surface area contributed by atoms with E-state index < -0.39 is 0 Å². The van der Waals surface area contributed by atoms with Crippen molar-refractivity contribution in [1.29, 1.82) is 0 Å². The first kappa shape index (κ1) is 13.3. The fraction of sp³-hybridized carbons (Fsp3) is 0.778. The van der Waals surface area contributed by atoms with Gasteiger partial charge in [-0.05, 0) is 19.2 Å². The molecule has 6 heteroatoms. The van der Waals surface area contributed by atoms with E-state index in [4.69, 9.17) is 0 Å². The van der Waals surface area contributed by atoms with E-state index in [-0.39, 0.29) is 0 Å². The largest absolute Gasteiger partial charge is 0.316 e. The number of hydrogen-bond donors (Lipinski definition) is 1. The highest BCUT2D eigenvalue weighted by molar-refractivity contribution is 8.03. The summed E-state index contributed by atoms with van der Waals surface area (Å²) in [5, 5.41) is 12.2. The molecule has 0 spiro atoms. The van der Waals surface area contributed by atoms with Crippen LogP contribution in [0.3, 0.4) is 0 Å². The molecule has 0 saturated heterocycles. The van der Waals surface area contributed by atoms with Gasteiger partial charge in [0.05, 0.1) is 0 Å². The molecule has 0 saturated carbocycles. The van der Waals surface area contributed by atoms with E-state index >= 15 is 0 Å². The number of aromatic nitrogens is 2. The third-order valence-electron chi connectivity index (χ3n) is 1.72. The molecule has 1 N–H and O–H groups in total. The van der Waals surface area contributed by atoms with Gasteiger partial charge in [-0.1, -0.05) is 48.7 Å². The fourth-order valence-corrected chi connectivity index (χ4v) is 3.74. The lowest BCUT2D eigenvalue weighted by molar-refractivity contribution is 0.669. The summed E-state index contributed by atoms with van der Waals surface area (Å²) in [5.41, 5.74) is 0. The number of hydrogen-bond acceptors (Lipinski definition) is 6. The summed E-state index contributed by atoms with van der Waals surface area (Å²) in [6, 6.07) is 0. The first-order valence-electron chi connectivity index (χ1n) is 5.01. The topological polar surface area (TPSA) is 37.8 Å². The van der Waals surface area contributed by atoms with Crippen LogP contribution in [0.25, 0.3) is 0 Å². The normalized spacial score (nSPS) is 13.0. The third-order valence-corrected chi connectivity index (χ3v) is 4.81. The zero-order valence-corrected chi connectivity index (χ0v) is 11.8. The molecule has 15 heavy (non-hydrogen) atoms. The SMILES string of the molecule is CCCNCC(C)Sc1nnc(SC)s1. The summed E-state index contributed by atoms with van der Waals surface area (Å²) >= 11 is 5.13. The second kappa shape index (κ2) is 7.49. The third kappa shape index (κ3) is 5.19. The summed E-state index contributed by atoms with van der Waals surface area (Å²) in [5.74, 6) is 0. The smallest absolute Gasteiger partial charge is 0.175 e. The first-order valence-corrected chi connectivity index (χ1v) is 7.93. The Labute approximate surface area is 104 Å². The Hall–Kier alpha value is 0.220. The molecule has 0 amide bonds. The van der Waals surface area contributed by atoms with Crippen molar-refractivity contribution in [2.45, 2.75) is 34.2 Å². The summed E-state index contributed by atoms with van der Waals surface area (Å²) in [6.07, 6.45) is 3.22. The lowest BCUT2D eigenvalue weighted by Gasteiger charge is -2.08. The molecular weight excluding hydrogens is 246 g/mol. The Bertz CT molecular complexity index is 277. The molecule has 0 aromatic carbocycles. The van der Waals surface area contributed by atoms with E-state index in [1.165, 1.54) is 6.42 Å². The lowest BCUT2D eigenvalue weighted by atomic mass is 10.4. The monoisotopic (exact) mass is 263 g/mol. The summed E-state index contributed by atoms with van der Waals surface area (Å²) < 4.78 is 2.12. The Morgan fingerprint density at radius 3 is 2.73 bits per heavy atom. The van der Waals surface area contributed by atoms with Crippen molar-refractivity contribution >= 4 is 34.9 Å². The van der Waals surface area contributed by atoms with Crippen LogP contribution in [0.1, 0.15) is 20.3 Å². The molecule has 1 atom stereocenters. The van der Waals surface area contributed by atoms with E-state index in [2.05, 4.69) is 29.4 Å². The van der Waals surface area contributed by atoms with Gasteiger partial charge in [0.1, 0.15) is 0 Å². The van der Waals surface area contributed by atoms with Crippen LogP contribution in [0, 0.1) is 0 Å². The molecule has 1 unspecified atom stereocenters. The van der Waals surface area contributed by atoms with Crippen molar-refractivity contribution < 1.29 is 0 Å². The minimum Gasteiger partial charge on any atom is -0.316 e. The van der Waals surface area contributed by atoms with E-state index in [1.807, 2.05) is 6.26 Å². The molecule has 0 fully saturated rings. The van der Waals surface area contributed by atoms with Gasteiger partial charge in [-0.2, -0.15) is 0 Å². The molecule has 1 aromatic rings. The molecule has 0 aliphatic rings. The molecule has 0 aliphatic carbocycles. The Morgan fingerprint density at radius 2 is 2.13 bits per heavy atom. The second-order valence-electron chi connectivity index (χ2n) is 3.17. The predicted molar refractivity (Wildman–Crippen MR) is 70.2 cm³/mol. The summed E-state index contributed by atoms with van der Waals surface area (Å²) in [6.45, 7) is 6.53. The van der Waals surface area contributed by atoms with Crippen LogP contribution >= 0.6 is 34.9 Å². The molecule has 0 bridgehead atoms. The van der Waals surface area contributed by atoms with Crippen molar-refractivity contribution in [3.8, 4) is 0 Å². The Morgan fingerprint density at radius 1 is 1.40 bits per heavy atom. The standard InChI is InChI=1S/C9H17N3S3/c1-4-5-10-6-7(2)14-9-12-11-8(13-3)15-9/h7,10H,4-6H2,1-3H3. The van der Waals surface area contributed by atoms with Gasteiger partial charge < -0.3 is 5.32 Å². The van der Waals surface area contributed by atoms with Crippen molar-refractivity contribution in [2.24, 2.45) is 0 Å². The average molecular weight is 263 g/mol. The van der Waals surface area contributed by atoms with E-state index in [0.717, 1.165) is 21.8 Å². The van der Waals surface area contributed by atoms with E-state index in [1.54, 1.807) is 34.9 Å². The Kier molecular flexibility index (Phi) is 6.63. The molecular formula is C9H17N3S3. The number of thioether (sulfide) groups is 2. The highest BCUT2D eigenvalue weighted by atomic mass is 32.2. The number of nitrogens with one attached hydrogen (secondary N) is 1. The van der Waals surface area contributed by atoms with Crippen molar-refractivity contribution in [3.63, 3.8) is 0 Å². The minimum absolute atomic E-state index is 0.555. The highest BCUT2D eigenvalue weighted by Crippen LogP contribution is 2.29. The van der Waals surface area contributed by atoms with Gasteiger partial charge in [-0.3, -0.25) is 0 Å². The van der Waals surface area contributed by atoms with Crippen molar-refractivity contribution in [1.82, 2.24) is 15.5 Å². The molecule has 1 heterocycles. The summed E-state index contributed by atoms with van der Waals surface area (Å²) in [4.78, 5) is 0. The molecule has 86 valence electrons. The zero-order chi connectivity index (χ0) is 11.1. The maximum Gasteiger partial charge on any atom is 0.175 e. The van der Waals surface area contributed by atoms with Crippen LogP contribution in [-0.2, 0) is 0 Å². The van der Waals surface area contributed by atoms with Gasteiger partial charge in [0.2, 0.25) is 0 Å². The maximum atomic E-state index is 4.14. The first-order chi connectivity index (χ1) is 7.26.